The van der Waals surface area contributed by atoms with E-state index in [1.54, 1.807) is 33.9 Å². The monoisotopic (exact) mass is 493 g/mol. The molecule has 1 saturated heterocycles. The normalized spacial score (nSPS) is 17.5. The Morgan fingerprint density at radius 2 is 1.85 bits per heavy atom. The van der Waals surface area contributed by atoms with Crippen LogP contribution in [0.4, 0.5) is 9.18 Å². The summed E-state index contributed by atoms with van der Waals surface area (Å²) in [6.07, 6.45) is -0.265. The molecule has 34 heavy (non-hydrogen) atoms. The van der Waals surface area contributed by atoms with Crippen LogP contribution in [0.25, 0.3) is 11.0 Å². The Balaban J connectivity index is 1.80. The van der Waals surface area contributed by atoms with Gasteiger partial charge in [-0.25, -0.2) is 14.0 Å². The van der Waals surface area contributed by atoms with Crippen LogP contribution >= 0.6 is 0 Å². The minimum absolute atomic E-state index is 0.0483. The lowest BCUT2D eigenvalue weighted by molar-refractivity contribution is -0.124. The van der Waals surface area contributed by atoms with E-state index >= 15 is 4.39 Å². The number of fused-ring (bicyclic) bond motifs is 1. The van der Waals surface area contributed by atoms with Crippen molar-refractivity contribution in [1.82, 2.24) is 14.0 Å². The average molecular weight is 494 g/mol. The highest BCUT2D eigenvalue weighted by Crippen LogP contribution is 2.31. The molecule has 10 heteroatoms. The summed E-state index contributed by atoms with van der Waals surface area (Å²) in [5.41, 5.74) is 0.252. The molecule has 3 rings (SSSR count). The first kappa shape index (κ1) is 26.1. The van der Waals surface area contributed by atoms with Crippen LogP contribution in [-0.4, -0.2) is 59.3 Å². The number of carbonyl (C=O) groups excluding carboxylic acids is 2. The van der Waals surface area contributed by atoms with Crippen LogP contribution in [0.2, 0.25) is 25.7 Å². The second-order valence-corrected chi connectivity index (χ2v) is 16.8. The molecule has 0 bridgehead atoms. The summed E-state index contributed by atoms with van der Waals surface area (Å²) in [4.78, 5) is 39.3. The minimum Gasteiger partial charge on any atom is -0.444 e. The van der Waals surface area contributed by atoms with Gasteiger partial charge >= 0.3 is 11.8 Å². The average Bonchev–Trinajstić information content (AvgIpc) is 2.92. The maximum Gasteiger partial charge on any atom is 0.410 e. The second-order valence-electron chi connectivity index (χ2n) is 11.2. The molecule has 188 valence electrons. The maximum atomic E-state index is 15.2. The van der Waals surface area contributed by atoms with Crippen LogP contribution in [0.5, 0.6) is 0 Å². The minimum atomic E-state index is -1.27. The number of rotatable bonds is 6. The number of nitrogens with zero attached hydrogens (tertiary/aromatic N) is 3. The smallest absolute Gasteiger partial charge is 0.410 e. The van der Waals surface area contributed by atoms with Gasteiger partial charge in [-0.15, -0.1) is 0 Å². The number of piperidine rings is 1. The molecule has 1 aromatic heterocycles. The van der Waals surface area contributed by atoms with Crippen molar-refractivity contribution >= 4 is 31.0 Å². The van der Waals surface area contributed by atoms with Gasteiger partial charge in [0, 0.05) is 45.8 Å². The van der Waals surface area contributed by atoms with Gasteiger partial charge in [0.2, 0.25) is 0 Å². The molecule has 0 N–H and O–H groups in total. The summed E-state index contributed by atoms with van der Waals surface area (Å²) in [6, 6.07) is 3.85. The summed E-state index contributed by atoms with van der Waals surface area (Å²) in [5, 5.41) is 0. The van der Waals surface area contributed by atoms with Crippen molar-refractivity contribution in [2.45, 2.75) is 71.1 Å². The molecular formula is C24H36FN3O5Si. The van der Waals surface area contributed by atoms with Gasteiger partial charge in [0.1, 0.15) is 18.1 Å². The molecule has 0 radical (unpaired) electrons. The number of aromatic nitrogens is 2. The first-order valence-electron chi connectivity index (χ1n) is 11.6. The summed E-state index contributed by atoms with van der Waals surface area (Å²) in [5.74, 6) is -1.48. The van der Waals surface area contributed by atoms with E-state index in [0.717, 1.165) is 6.04 Å². The van der Waals surface area contributed by atoms with Gasteiger partial charge in [-0.2, -0.15) is 0 Å². The van der Waals surface area contributed by atoms with Crippen molar-refractivity contribution in [3.05, 3.63) is 34.0 Å². The highest BCUT2D eigenvalue weighted by atomic mass is 28.3. The first-order valence-corrected chi connectivity index (χ1v) is 15.4. The maximum absolute atomic E-state index is 15.2. The number of carbonyl (C=O) groups is 2. The highest BCUT2D eigenvalue weighted by molar-refractivity contribution is 6.76. The number of ketones is 1. The fourth-order valence-electron chi connectivity index (χ4n) is 4.00. The van der Waals surface area contributed by atoms with E-state index in [9.17, 15) is 14.4 Å². The number of benzene rings is 1. The van der Waals surface area contributed by atoms with E-state index in [4.69, 9.17) is 9.47 Å². The third-order valence-electron chi connectivity index (χ3n) is 5.93. The zero-order valence-electron chi connectivity index (χ0n) is 21.2. The van der Waals surface area contributed by atoms with Crippen molar-refractivity contribution in [3.63, 3.8) is 0 Å². The molecule has 1 atom stereocenters. The Kier molecular flexibility index (Phi) is 7.42. The van der Waals surface area contributed by atoms with Crippen molar-refractivity contribution in [2.75, 3.05) is 19.7 Å². The van der Waals surface area contributed by atoms with Crippen molar-refractivity contribution in [2.24, 2.45) is 7.05 Å². The Morgan fingerprint density at radius 3 is 2.44 bits per heavy atom. The van der Waals surface area contributed by atoms with Crippen molar-refractivity contribution in [1.29, 1.82) is 0 Å². The number of aryl methyl sites for hydroxylation is 1. The van der Waals surface area contributed by atoms with Gasteiger partial charge in [0.25, 0.3) is 0 Å². The predicted molar refractivity (Wildman–Crippen MR) is 131 cm³/mol. The van der Waals surface area contributed by atoms with E-state index in [1.165, 1.54) is 20.1 Å². The fourth-order valence-corrected chi connectivity index (χ4v) is 4.76. The molecule has 1 aromatic carbocycles. The van der Waals surface area contributed by atoms with Gasteiger partial charge in [-0.3, -0.25) is 13.9 Å². The van der Waals surface area contributed by atoms with Gasteiger partial charge in [-0.1, -0.05) is 19.6 Å². The van der Waals surface area contributed by atoms with Crippen LogP contribution in [0.3, 0.4) is 0 Å². The lowest BCUT2D eigenvalue weighted by Gasteiger charge is -2.32. The number of hydrogen-bond donors (Lipinski definition) is 0. The lowest BCUT2D eigenvalue weighted by Crippen LogP contribution is -2.45. The molecule has 1 aliphatic rings. The summed E-state index contributed by atoms with van der Waals surface area (Å²) in [6.45, 7) is 12.8. The second kappa shape index (κ2) is 9.65. The van der Waals surface area contributed by atoms with Gasteiger partial charge in [0.15, 0.2) is 5.78 Å². The lowest BCUT2D eigenvalue weighted by atomic mass is 9.88. The molecule has 1 amide bonds. The Morgan fingerprint density at radius 1 is 1.18 bits per heavy atom. The topological polar surface area (TPSA) is 82.8 Å². The largest absolute Gasteiger partial charge is 0.444 e. The van der Waals surface area contributed by atoms with Crippen LogP contribution < -0.4 is 5.69 Å². The number of halogens is 1. The first-order chi connectivity index (χ1) is 15.7. The van der Waals surface area contributed by atoms with Gasteiger partial charge < -0.3 is 14.4 Å². The molecule has 1 unspecified atom stereocenters. The van der Waals surface area contributed by atoms with E-state index in [2.05, 4.69) is 19.6 Å². The van der Waals surface area contributed by atoms with Crippen molar-refractivity contribution < 1.29 is 23.5 Å². The number of hydrogen-bond acceptors (Lipinski definition) is 5. The molecule has 8 nitrogen and oxygen atoms in total. The van der Waals surface area contributed by atoms with Crippen molar-refractivity contribution in [3.8, 4) is 0 Å². The molecule has 0 spiro atoms. The SMILES string of the molecule is Cn1c(=O)n(COCC[Si](C)(C)C)c2cc(F)c(C3CCN(C(=O)OC(C)(C)C)CC3=O)cc21. The molecular weight excluding hydrogens is 457 g/mol. The molecule has 2 aromatic rings. The number of amides is 1. The Bertz CT molecular complexity index is 1140. The number of ether oxygens (including phenoxy) is 2. The quantitative estimate of drug-likeness (QED) is 0.447. The summed E-state index contributed by atoms with van der Waals surface area (Å²) < 4.78 is 29.1. The van der Waals surface area contributed by atoms with E-state index in [1.807, 2.05) is 0 Å². The van der Waals surface area contributed by atoms with Gasteiger partial charge in [0.05, 0.1) is 17.6 Å². The highest BCUT2D eigenvalue weighted by Gasteiger charge is 2.34. The molecule has 0 aliphatic carbocycles. The van der Waals surface area contributed by atoms with Crippen LogP contribution in [-0.2, 0) is 28.0 Å². The molecule has 0 saturated carbocycles. The third kappa shape index (κ3) is 5.96. The Hall–Kier alpha value is -2.46. The molecule has 2 heterocycles. The Labute approximate surface area is 200 Å². The zero-order valence-corrected chi connectivity index (χ0v) is 22.2. The fraction of sp³-hybridized carbons (Fsp3) is 0.625. The standard InChI is InChI=1S/C24H36FN3O5Si/c1-24(2,3)33-23(31)27-9-8-16(21(29)14-27)17-12-19-20(13-18(17)25)28(22(30)26(19)4)15-32-10-11-34(5,6)7/h12-13,16H,8-11,14-15H2,1-7H3. The molecule has 1 aliphatic heterocycles. The van der Waals surface area contributed by atoms with Gasteiger partial charge in [-0.05, 0) is 39.3 Å². The molecule has 1 fully saturated rings. The van der Waals surface area contributed by atoms with Crippen LogP contribution in [0.1, 0.15) is 38.7 Å². The number of imidazole rings is 1. The van der Waals surface area contributed by atoms with E-state index < -0.39 is 31.5 Å². The van der Waals surface area contributed by atoms with Crippen LogP contribution in [0, 0.1) is 5.82 Å². The van der Waals surface area contributed by atoms with E-state index in [0.29, 0.717) is 17.6 Å². The summed E-state index contributed by atoms with van der Waals surface area (Å²) in [7, 11) is 0.357. The number of likely N-dealkylation sites (tertiary alicyclic amines) is 1. The summed E-state index contributed by atoms with van der Waals surface area (Å²) >= 11 is 0. The predicted octanol–water partition coefficient (Wildman–Crippen LogP) is 4.08. The number of Topliss-reactive ketones (excluding diaryl/α,β-unsaturated/α-hetero) is 1. The van der Waals surface area contributed by atoms with Crippen LogP contribution in [0.15, 0.2) is 16.9 Å². The zero-order chi connectivity index (χ0) is 25.4. The third-order valence-corrected chi connectivity index (χ3v) is 7.63. The van der Waals surface area contributed by atoms with E-state index in [-0.39, 0.29) is 43.3 Å².